The van der Waals surface area contributed by atoms with Gasteiger partial charge < -0.3 is 5.32 Å². The van der Waals surface area contributed by atoms with Crippen LogP contribution in [-0.4, -0.2) is 23.8 Å². The molecule has 0 atom stereocenters. The third kappa shape index (κ3) is 2.59. The lowest BCUT2D eigenvalue weighted by Crippen LogP contribution is -2.41. The van der Waals surface area contributed by atoms with Crippen molar-refractivity contribution in [3.05, 3.63) is 88.1 Å². The van der Waals surface area contributed by atoms with Gasteiger partial charge in [-0.25, -0.2) is 0 Å². The average molecular weight is 363 g/mol. The molecule has 2 aromatic carbocycles. The molecular formula is C20H17N3O2S. The molecular weight excluding hydrogens is 346 g/mol. The van der Waals surface area contributed by atoms with Crippen molar-refractivity contribution < 1.29 is 9.59 Å². The first-order valence-corrected chi connectivity index (χ1v) is 9.00. The predicted octanol–water partition coefficient (Wildman–Crippen LogP) is 3.28. The van der Waals surface area contributed by atoms with E-state index in [0.717, 1.165) is 11.3 Å². The summed E-state index contributed by atoms with van der Waals surface area (Å²) in [6.07, 6.45) is 0. The van der Waals surface area contributed by atoms with E-state index < -0.39 is 0 Å². The zero-order valence-electron chi connectivity index (χ0n) is 14.2. The topological polar surface area (TPSA) is 52.7 Å². The van der Waals surface area contributed by atoms with Gasteiger partial charge in [0.05, 0.1) is 16.3 Å². The minimum absolute atomic E-state index is 0.129. The summed E-state index contributed by atoms with van der Waals surface area (Å²) in [5.74, 6) is 0.223. The van der Waals surface area contributed by atoms with Gasteiger partial charge in [0, 0.05) is 13.6 Å². The summed E-state index contributed by atoms with van der Waals surface area (Å²) in [5.41, 5.74) is 2.38. The van der Waals surface area contributed by atoms with Crippen molar-refractivity contribution in [3.8, 4) is 0 Å². The Morgan fingerprint density at radius 2 is 1.81 bits per heavy atom. The molecule has 130 valence electrons. The first-order valence-electron chi connectivity index (χ1n) is 8.18. The maximum absolute atomic E-state index is 12.8. The number of para-hydroxylation sites is 1. The summed E-state index contributed by atoms with van der Waals surface area (Å²) < 4.78 is 0. The molecule has 2 amide bonds. The molecule has 0 saturated heterocycles. The van der Waals surface area contributed by atoms with Crippen LogP contribution < -0.4 is 10.2 Å². The number of fused-ring (bicyclic) bond motifs is 3. The summed E-state index contributed by atoms with van der Waals surface area (Å²) in [5, 5.41) is 3.64. The Balaban J connectivity index is 1.68. The number of nitrogens with zero attached hydrogens (tertiary/aromatic N) is 2. The standard InChI is InChI=1S/C20H17N3O2S/c1-13-23-16-11-7-6-10-15(16)20(25)22(2)19(23)17(26-13)18(24)21-12-14-8-4-3-5-9-14/h3-11H,1,12H2,2H3,(H,21,24). The summed E-state index contributed by atoms with van der Waals surface area (Å²) in [6.45, 7) is 4.51. The Hall–Kier alpha value is -2.99. The quantitative estimate of drug-likeness (QED) is 0.909. The molecule has 6 heteroatoms. The van der Waals surface area contributed by atoms with E-state index in [1.165, 1.54) is 16.7 Å². The fourth-order valence-electron chi connectivity index (χ4n) is 3.11. The zero-order valence-corrected chi connectivity index (χ0v) is 15.0. The van der Waals surface area contributed by atoms with Crippen LogP contribution in [0.15, 0.2) is 76.9 Å². The highest BCUT2D eigenvalue weighted by Crippen LogP contribution is 2.48. The largest absolute Gasteiger partial charge is 0.347 e. The molecule has 2 aromatic rings. The van der Waals surface area contributed by atoms with Gasteiger partial charge in [-0.05, 0) is 17.7 Å². The minimum Gasteiger partial charge on any atom is -0.347 e. The summed E-state index contributed by atoms with van der Waals surface area (Å²) in [7, 11) is 1.68. The van der Waals surface area contributed by atoms with Gasteiger partial charge in [0.1, 0.15) is 10.7 Å². The van der Waals surface area contributed by atoms with E-state index in [2.05, 4.69) is 11.9 Å². The maximum atomic E-state index is 12.8. The average Bonchev–Trinajstić information content (AvgIpc) is 3.02. The van der Waals surface area contributed by atoms with Crippen molar-refractivity contribution in [2.45, 2.75) is 6.54 Å². The normalized spacial score (nSPS) is 15.9. The summed E-state index contributed by atoms with van der Waals surface area (Å²) in [4.78, 5) is 29.4. The van der Waals surface area contributed by atoms with E-state index in [1.807, 2.05) is 53.4 Å². The number of carbonyl (C=O) groups is 2. The van der Waals surface area contributed by atoms with Crippen LogP contribution in [-0.2, 0) is 11.3 Å². The number of nitrogens with one attached hydrogen (secondary N) is 1. The Morgan fingerprint density at radius 3 is 2.58 bits per heavy atom. The van der Waals surface area contributed by atoms with E-state index in [1.54, 1.807) is 13.1 Å². The number of carbonyl (C=O) groups excluding carboxylic acids is 2. The molecule has 2 aliphatic heterocycles. The second-order valence-corrected chi connectivity index (χ2v) is 7.12. The van der Waals surface area contributed by atoms with Gasteiger partial charge in [-0.15, -0.1) is 0 Å². The molecule has 0 saturated carbocycles. The van der Waals surface area contributed by atoms with Crippen LogP contribution in [0.5, 0.6) is 0 Å². The molecule has 0 aliphatic carbocycles. The predicted molar refractivity (Wildman–Crippen MR) is 103 cm³/mol. The fourth-order valence-corrected chi connectivity index (χ4v) is 4.11. The Morgan fingerprint density at radius 1 is 1.12 bits per heavy atom. The van der Waals surface area contributed by atoms with Gasteiger partial charge >= 0.3 is 0 Å². The van der Waals surface area contributed by atoms with Gasteiger partial charge in [-0.1, -0.05) is 60.8 Å². The van der Waals surface area contributed by atoms with Crippen LogP contribution in [0.4, 0.5) is 5.69 Å². The number of benzene rings is 2. The van der Waals surface area contributed by atoms with E-state index in [-0.39, 0.29) is 11.8 Å². The lowest BCUT2D eigenvalue weighted by atomic mass is 10.1. The monoisotopic (exact) mass is 363 g/mol. The van der Waals surface area contributed by atoms with Crippen molar-refractivity contribution >= 4 is 29.3 Å². The molecule has 0 radical (unpaired) electrons. The lowest BCUT2D eigenvalue weighted by Gasteiger charge is -2.35. The molecule has 5 nitrogen and oxygen atoms in total. The molecule has 1 N–H and O–H groups in total. The van der Waals surface area contributed by atoms with Crippen LogP contribution in [0.2, 0.25) is 0 Å². The van der Waals surface area contributed by atoms with Crippen molar-refractivity contribution in [2.24, 2.45) is 0 Å². The number of hydrogen-bond donors (Lipinski definition) is 1. The Labute approximate surface area is 156 Å². The molecule has 0 spiro atoms. The third-order valence-electron chi connectivity index (χ3n) is 4.38. The van der Waals surface area contributed by atoms with Gasteiger partial charge in [0.2, 0.25) is 0 Å². The van der Waals surface area contributed by atoms with Crippen molar-refractivity contribution in [2.75, 3.05) is 11.9 Å². The molecule has 2 aliphatic rings. The van der Waals surface area contributed by atoms with E-state index in [4.69, 9.17) is 0 Å². The molecule has 26 heavy (non-hydrogen) atoms. The molecule has 0 unspecified atom stereocenters. The summed E-state index contributed by atoms with van der Waals surface area (Å²) in [6, 6.07) is 17.1. The molecule has 0 fully saturated rings. The van der Waals surface area contributed by atoms with E-state index in [0.29, 0.717) is 27.9 Å². The second kappa shape index (κ2) is 6.38. The highest BCUT2D eigenvalue weighted by molar-refractivity contribution is 8.08. The van der Waals surface area contributed by atoms with Crippen LogP contribution in [0, 0.1) is 0 Å². The van der Waals surface area contributed by atoms with Crippen LogP contribution in [0.1, 0.15) is 15.9 Å². The first kappa shape index (κ1) is 16.5. The molecule has 0 bridgehead atoms. The third-order valence-corrected chi connectivity index (χ3v) is 5.37. The highest BCUT2D eigenvalue weighted by Gasteiger charge is 2.41. The van der Waals surface area contributed by atoms with E-state index in [9.17, 15) is 9.59 Å². The number of rotatable bonds is 3. The highest BCUT2D eigenvalue weighted by atomic mass is 32.2. The minimum atomic E-state index is -0.212. The maximum Gasteiger partial charge on any atom is 0.262 e. The number of anilines is 1. The van der Waals surface area contributed by atoms with Gasteiger partial charge in [0.15, 0.2) is 0 Å². The number of amides is 2. The van der Waals surface area contributed by atoms with Crippen LogP contribution in [0.25, 0.3) is 0 Å². The van der Waals surface area contributed by atoms with Crippen molar-refractivity contribution in [1.82, 2.24) is 10.2 Å². The van der Waals surface area contributed by atoms with Gasteiger partial charge in [-0.2, -0.15) is 0 Å². The first-order chi connectivity index (χ1) is 12.6. The number of hydrogen-bond acceptors (Lipinski definition) is 4. The molecule has 4 rings (SSSR count). The van der Waals surface area contributed by atoms with Gasteiger partial charge in [0.25, 0.3) is 11.8 Å². The Kier molecular flexibility index (Phi) is 4.05. The van der Waals surface area contributed by atoms with Crippen LogP contribution in [0.3, 0.4) is 0 Å². The summed E-state index contributed by atoms with van der Waals surface area (Å²) >= 11 is 1.29. The SMILES string of the molecule is C=C1SC(C(=O)NCc2ccccc2)=C2N(C)C(=O)c3ccccc3N12. The molecule has 0 aromatic heterocycles. The smallest absolute Gasteiger partial charge is 0.262 e. The van der Waals surface area contributed by atoms with E-state index >= 15 is 0 Å². The van der Waals surface area contributed by atoms with Gasteiger partial charge in [-0.3, -0.25) is 19.4 Å². The fraction of sp³-hybridized carbons (Fsp3) is 0.100. The number of thioether (sulfide) groups is 1. The second-order valence-electron chi connectivity index (χ2n) is 6.03. The molecule has 2 heterocycles. The Bertz CT molecular complexity index is 953. The van der Waals surface area contributed by atoms with Crippen LogP contribution >= 0.6 is 11.8 Å². The zero-order chi connectivity index (χ0) is 18.3. The van der Waals surface area contributed by atoms with Crippen molar-refractivity contribution in [3.63, 3.8) is 0 Å². The lowest BCUT2D eigenvalue weighted by molar-refractivity contribution is -0.117. The van der Waals surface area contributed by atoms with Crippen molar-refractivity contribution in [1.29, 1.82) is 0 Å².